The summed E-state index contributed by atoms with van der Waals surface area (Å²) in [5, 5.41) is 20.6. The van der Waals surface area contributed by atoms with Crippen LogP contribution in [0.3, 0.4) is 0 Å². The summed E-state index contributed by atoms with van der Waals surface area (Å²) in [7, 11) is 0. The average molecular weight is 242 g/mol. The van der Waals surface area contributed by atoms with Gasteiger partial charge in [0, 0.05) is 18.0 Å². The maximum Gasteiger partial charge on any atom is 0.301 e. The lowest BCUT2D eigenvalue weighted by Crippen LogP contribution is -2.19. The van der Waals surface area contributed by atoms with Gasteiger partial charge in [0.05, 0.1) is 10.5 Å². The molecule has 0 amide bonds. The molecule has 16 heavy (non-hydrogen) atoms. The molecule has 6 heteroatoms. The summed E-state index contributed by atoms with van der Waals surface area (Å²) in [6, 6.07) is 2.97. The highest BCUT2D eigenvalue weighted by Gasteiger charge is 2.17. The first-order valence-electron chi connectivity index (χ1n) is 4.85. The molecule has 0 aromatic carbocycles. The van der Waals surface area contributed by atoms with Crippen molar-refractivity contribution < 1.29 is 10.0 Å². The van der Waals surface area contributed by atoms with E-state index in [0.29, 0.717) is 17.2 Å². The second kappa shape index (κ2) is 5.27. The molecular weight excluding hydrogens is 228 g/mol. The Labute approximate surface area is 98.0 Å². The zero-order valence-corrected chi connectivity index (χ0v) is 10.0. The zero-order valence-electron chi connectivity index (χ0n) is 9.21. The zero-order chi connectivity index (χ0) is 12.2. The van der Waals surface area contributed by atoms with E-state index in [9.17, 15) is 15.2 Å². The Morgan fingerprint density at radius 2 is 2.31 bits per heavy atom. The molecule has 0 unspecified atom stereocenters. The molecule has 1 aromatic heterocycles. The van der Waals surface area contributed by atoms with Crippen molar-refractivity contribution in [2.24, 2.45) is 0 Å². The first kappa shape index (κ1) is 12.9. The van der Waals surface area contributed by atoms with E-state index in [0.717, 1.165) is 0 Å². The molecule has 0 saturated carbocycles. The van der Waals surface area contributed by atoms with E-state index in [1.165, 1.54) is 30.1 Å². The van der Waals surface area contributed by atoms with Crippen LogP contribution in [0.25, 0.3) is 0 Å². The highest BCUT2D eigenvalue weighted by molar-refractivity contribution is 7.99. The summed E-state index contributed by atoms with van der Waals surface area (Å²) in [6.07, 6.45) is 2.09. The van der Waals surface area contributed by atoms with Crippen molar-refractivity contribution in [2.75, 3.05) is 5.75 Å². The predicted molar refractivity (Wildman–Crippen MR) is 62.5 cm³/mol. The fraction of sp³-hybridized carbons (Fsp3) is 0.500. The molecular formula is C10H14N2O3S. The minimum absolute atomic E-state index is 0.0169. The molecule has 0 spiro atoms. The van der Waals surface area contributed by atoms with Gasteiger partial charge in [-0.2, -0.15) is 0 Å². The Bertz CT molecular complexity index is 377. The van der Waals surface area contributed by atoms with E-state index in [-0.39, 0.29) is 5.69 Å². The number of rotatable bonds is 5. The van der Waals surface area contributed by atoms with Crippen LogP contribution in [0.4, 0.5) is 5.69 Å². The lowest BCUT2D eigenvalue weighted by atomic mass is 10.1. The minimum atomic E-state index is -0.753. The molecule has 5 nitrogen and oxygen atoms in total. The molecule has 0 bridgehead atoms. The molecule has 0 aliphatic carbocycles. The lowest BCUT2D eigenvalue weighted by Gasteiger charge is -2.15. The van der Waals surface area contributed by atoms with Crippen molar-refractivity contribution in [3.8, 4) is 0 Å². The number of hydrogen-bond donors (Lipinski definition) is 1. The third kappa shape index (κ3) is 4.16. The van der Waals surface area contributed by atoms with Gasteiger partial charge in [0.1, 0.15) is 0 Å². The lowest BCUT2D eigenvalue weighted by molar-refractivity contribution is -0.388. The number of thioether (sulfide) groups is 1. The highest BCUT2D eigenvalue weighted by atomic mass is 32.2. The standard InChI is InChI=1S/C10H14N2O3S/c1-10(2,13)5-7-16-9-8(12(14)15)4-3-6-11-9/h3-4,6,13H,5,7H2,1-2H3. The van der Waals surface area contributed by atoms with E-state index in [1.807, 2.05) is 0 Å². The van der Waals surface area contributed by atoms with Gasteiger partial charge in [-0.1, -0.05) is 11.8 Å². The molecule has 1 rings (SSSR count). The first-order chi connectivity index (χ1) is 7.40. The van der Waals surface area contributed by atoms with E-state index < -0.39 is 10.5 Å². The minimum Gasteiger partial charge on any atom is -0.390 e. The second-order valence-electron chi connectivity index (χ2n) is 4.00. The third-order valence-electron chi connectivity index (χ3n) is 1.90. The van der Waals surface area contributed by atoms with Crippen LogP contribution in [0.5, 0.6) is 0 Å². The van der Waals surface area contributed by atoms with Crippen molar-refractivity contribution in [2.45, 2.75) is 30.9 Å². The van der Waals surface area contributed by atoms with Gasteiger partial charge in [-0.25, -0.2) is 4.98 Å². The van der Waals surface area contributed by atoms with Gasteiger partial charge in [0.2, 0.25) is 0 Å². The van der Waals surface area contributed by atoms with Gasteiger partial charge < -0.3 is 5.11 Å². The number of aromatic nitrogens is 1. The monoisotopic (exact) mass is 242 g/mol. The van der Waals surface area contributed by atoms with Crippen LogP contribution >= 0.6 is 11.8 Å². The molecule has 88 valence electrons. The summed E-state index contributed by atoms with van der Waals surface area (Å²) in [5.41, 5.74) is -0.737. The van der Waals surface area contributed by atoms with E-state index in [1.54, 1.807) is 13.8 Å². The number of nitro groups is 1. The fourth-order valence-electron chi connectivity index (χ4n) is 1.03. The number of pyridine rings is 1. The predicted octanol–water partition coefficient (Wildman–Crippen LogP) is 2.24. The van der Waals surface area contributed by atoms with Gasteiger partial charge in [0.15, 0.2) is 5.03 Å². The van der Waals surface area contributed by atoms with Gasteiger partial charge in [-0.3, -0.25) is 10.1 Å². The van der Waals surface area contributed by atoms with Crippen molar-refractivity contribution in [3.63, 3.8) is 0 Å². The molecule has 0 radical (unpaired) electrons. The van der Waals surface area contributed by atoms with Crippen molar-refractivity contribution >= 4 is 17.4 Å². The second-order valence-corrected chi connectivity index (χ2v) is 5.08. The van der Waals surface area contributed by atoms with Crippen molar-refractivity contribution in [1.82, 2.24) is 4.98 Å². The van der Waals surface area contributed by atoms with E-state index in [2.05, 4.69) is 4.98 Å². The van der Waals surface area contributed by atoms with E-state index >= 15 is 0 Å². The number of aliphatic hydroxyl groups is 1. The van der Waals surface area contributed by atoms with Crippen LogP contribution in [0, 0.1) is 10.1 Å². The molecule has 0 saturated heterocycles. The van der Waals surface area contributed by atoms with Gasteiger partial charge in [-0.15, -0.1) is 0 Å². The Hall–Kier alpha value is -1.14. The van der Waals surface area contributed by atoms with E-state index in [4.69, 9.17) is 0 Å². The summed E-state index contributed by atoms with van der Waals surface area (Å²) in [4.78, 5) is 14.2. The average Bonchev–Trinajstić information content (AvgIpc) is 2.16. The van der Waals surface area contributed by atoms with Gasteiger partial charge in [0.25, 0.3) is 0 Å². The Morgan fingerprint density at radius 3 is 2.88 bits per heavy atom. The topological polar surface area (TPSA) is 76.3 Å². The molecule has 0 aliphatic heterocycles. The van der Waals surface area contributed by atoms with Crippen LogP contribution in [0.1, 0.15) is 20.3 Å². The Balaban J connectivity index is 2.64. The summed E-state index contributed by atoms with van der Waals surface area (Å²) < 4.78 is 0. The Kier molecular flexibility index (Phi) is 4.26. The quantitative estimate of drug-likeness (QED) is 0.487. The van der Waals surface area contributed by atoms with Crippen LogP contribution in [0.2, 0.25) is 0 Å². The molecule has 0 aliphatic rings. The van der Waals surface area contributed by atoms with Gasteiger partial charge in [-0.05, 0) is 26.3 Å². The SMILES string of the molecule is CC(C)(O)CCSc1ncccc1[N+](=O)[O-]. The van der Waals surface area contributed by atoms with Crippen LogP contribution in [-0.4, -0.2) is 26.4 Å². The van der Waals surface area contributed by atoms with Crippen LogP contribution in [0.15, 0.2) is 23.4 Å². The maximum absolute atomic E-state index is 10.7. The summed E-state index contributed by atoms with van der Waals surface area (Å²) in [6.45, 7) is 3.42. The Morgan fingerprint density at radius 1 is 1.62 bits per heavy atom. The molecule has 0 fully saturated rings. The normalized spacial score (nSPS) is 11.4. The number of nitrogens with zero attached hydrogens (tertiary/aromatic N) is 2. The number of hydrogen-bond acceptors (Lipinski definition) is 5. The summed E-state index contributed by atoms with van der Waals surface area (Å²) >= 11 is 1.29. The summed E-state index contributed by atoms with van der Waals surface area (Å²) in [5.74, 6) is 0.599. The van der Waals surface area contributed by atoms with Gasteiger partial charge >= 0.3 is 5.69 Å². The van der Waals surface area contributed by atoms with Crippen LogP contribution < -0.4 is 0 Å². The van der Waals surface area contributed by atoms with Crippen molar-refractivity contribution in [1.29, 1.82) is 0 Å². The maximum atomic E-state index is 10.7. The first-order valence-corrected chi connectivity index (χ1v) is 5.83. The smallest absolute Gasteiger partial charge is 0.301 e. The largest absolute Gasteiger partial charge is 0.390 e. The van der Waals surface area contributed by atoms with Crippen molar-refractivity contribution in [3.05, 3.63) is 28.4 Å². The fourth-order valence-corrected chi connectivity index (χ4v) is 2.25. The molecule has 1 N–H and O–H groups in total. The van der Waals surface area contributed by atoms with Crippen LogP contribution in [-0.2, 0) is 0 Å². The molecule has 1 aromatic rings. The highest BCUT2D eigenvalue weighted by Crippen LogP contribution is 2.27. The third-order valence-corrected chi connectivity index (χ3v) is 2.90. The molecule has 1 heterocycles. The molecule has 0 atom stereocenters.